The van der Waals surface area contributed by atoms with Crippen molar-refractivity contribution < 1.29 is 14.4 Å². The topological polar surface area (TPSA) is 73.8 Å². The van der Waals surface area contributed by atoms with Crippen LogP contribution >= 0.6 is 0 Å². The number of aromatic nitrogens is 1. The Morgan fingerprint density at radius 3 is 2.10 bits per heavy atom. The minimum absolute atomic E-state index is 0.0913. The maximum atomic E-state index is 13.5. The Balaban J connectivity index is 1.48. The van der Waals surface area contributed by atoms with E-state index in [0.717, 1.165) is 18.8 Å². The molecule has 2 aliphatic heterocycles. The molecule has 30 heavy (non-hydrogen) atoms. The van der Waals surface area contributed by atoms with Gasteiger partial charge in [-0.25, -0.2) is 0 Å². The van der Waals surface area contributed by atoms with E-state index in [2.05, 4.69) is 9.88 Å². The number of piperazine rings is 1. The molecule has 0 radical (unpaired) electrons. The van der Waals surface area contributed by atoms with Crippen LogP contribution in [0.3, 0.4) is 0 Å². The van der Waals surface area contributed by atoms with Crippen molar-refractivity contribution in [3.63, 3.8) is 0 Å². The molecule has 2 fully saturated rings. The fourth-order valence-electron chi connectivity index (χ4n) is 4.85. The van der Waals surface area contributed by atoms with Crippen molar-refractivity contribution >= 4 is 23.4 Å². The van der Waals surface area contributed by atoms with Crippen molar-refractivity contribution in [3.05, 3.63) is 36.7 Å². The average Bonchev–Trinajstić information content (AvgIpc) is 3.02. The molecule has 0 saturated carbocycles. The standard InChI is InChI=1S/C23H30N4O3/c1-16(2)15-20(27-21(28)18-5-3-4-6-19(18)22(27)29)23(30)26-13-11-25(12-14-26)17-7-9-24-10-8-17/h3-4,7-10,16,18-20H,5-6,11-15H2,1-2H3. The molecule has 2 saturated heterocycles. The maximum absolute atomic E-state index is 13.5. The Morgan fingerprint density at radius 2 is 1.57 bits per heavy atom. The van der Waals surface area contributed by atoms with Crippen molar-refractivity contribution in [1.82, 2.24) is 14.8 Å². The van der Waals surface area contributed by atoms with Crippen LogP contribution < -0.4 is 4.90 Å². The lowest BCUT2D eigenvalue weighted by Gasteiger charge is -2.39. The number of allylic oxidation sites excluding steroid dienone is 2. The average molecular weight is 411 g/mol. The second-order valence-corrected chi connectivity index (χ2v) is 8.87. The molecule has 1 aromatic heterocycles. The third-order valence-corrected chi connectivity index (χ3v) is 6.45. The van der Waals surface area contributed by atoms with E-state index in [-0.39, 0.29) is 35.5 Å². The van der Waals surface area contributed by atoms with Gasteiger partial charge in [-0.05, 0) is 37.3 Å². The van der Waals surface area contributed by atoms with E-state index >= 15 is 0 Å². The normalized spacial score (nSPS) is 25.1. The zero-order chi connectivity index (χ0) is 21.3. The molecule has 0 bridgehead atoms. The van der Waals surface area contributed by atoms with Crippen LogP contribution in [-0.4, -0.2) is 64.7 Å². The summed E-state index contributed by atoms with van der Waals surface area (Å²) in [6.45, 7) is 6.67. The molecule has 7 nitrogen and oxygen atoms in total. The number of anilines is 1. The van der Waals surface area contributed by atoms with Gasteiger partial charge in [0, 0.05) is 44.3 Å². The monoisotopic (exact) mass is 410 g/mol. The summed E-state index contributed by atoms with van der Waals surface area (Å²) >= 11 is 0. The first-order valence-electron chi connectivity index (χ1n) is 10.9. The fraction of sp³-hybridized carbons (Fsp3) is 0.565. The summed E-state index contributed by atoms with van der Waals surface area (Å²) in [5.41, 5.74) is 1.09. The number of carbonyl (C=O) groups excluding carboxylic acids is 3. The van der Waals surface area contributed by atoms with Crippen LogP contribution in [-0.2, 0) is 14.4 Å². The van der Waals surface area contributed by atoms with E-state index in [1.165, 1.54) is 4.90 Å². The van der Waals surface area contributed by atoms with Gasteiger partial charge >= 0.3 is 0 Å². The molecule has 3 amide bonds. The van der Waals surface area contributed by atoms with E-state index in [0.29, 0.717) is 32.4 Å². The molecule has 3 atom stereocenters. The van der Waals surface area contributed by atoms with Crippen LogP contribution in [0.4, 0.5) is 5.69 Å². The third kappa shape index (κ3) is 3.85. The van der Waals surface area contributed by atoms with Gasteiger partial charge in [0.15, 0.2) is 0 Å². The lowest BCUT2D eigenvalue weighted by molar-refractivity contribution is -0.152. The molecule has 1 aromatic rings. The smallest absolute Gasteiger partial charge is 0.246 e. The molecule has 160 valence electrons. The number of rotatable bonds is 5. The summed E-state index contributed by atoms with van der Waals surface area (Å²) in [6.07, 6.45) is 9.20. The van der Waals surface area contributed by atoms with Gasteiger partial charge in [-0.3, -0.25) is 24.3 Å². The highest BCUT2D eigenvalue weighted by atomic mass is 16.2. The van der Waals surface area contributed by atoms with Gasteiger partial charge in [-0.2, -0.15) is 0 Å². The van der Waals surface area contributed by atoms with Gasteiger partial charge < -0.3 is 9.80 Å². The van der Waals surface area contributed by atoms with E-state index in [1.54, 1.807) is 12.4 Å². The number of carbonyl (C=O) groups is 3. The van der Waals surface area contributed by atoms with E-state index in [1.807, 2.05) is 43.0 Å². The van der Waals surface area contributed by atoms with Crippen molar-refractivity contribution in [2.45, 2.75) is 39.2 Å². The molecule has 3 heterocycles. The predicted octanol–water partition coefficient (Wildman–Crippen LogP) is 2.10. The van der Waals surface area contributed by atoms with Crippen molar-refractivity contribution in [3.8, 4) is 0 Å². The van der Waals surface area contributed by atoms with E-state index in [9.17, 15) is 14.4 Å². The van der Waals surface area contributed by atoms with Crippen LogP contribution in [0.15, 0.2) is 36.7 Å². The summed E-state index contributed by atoms with van der Waals surface area (Å²) in [4.78, 5) is 49.1. The minimum Gasteiger partial charge on any atom is -0.368 e. The highest BCUT2D eigenvalue weighted by molar-refractivity contribution is 6.08. The first-order chi connectivity index (χ1) is 14.5. The van der Waals surface area contributed by atoms with Gasteiger partial charge in [-0.15, -0.1) is 0 Å². The zero-order valence-corrected chi connectivity index (χ0v) is 17.7. The number of imide groups is 1. The predicted molar refractivity (Wildman–Crippen MR) is 113 cm³/mol. The number of hydrogen-bond acceptors (Lipinski definition) is 5. The van der Waals surface area contributed by atoms with Crippen LogP contribution in [0.1, 0.15) is 33.1 Å². The van der Waals surface area contributed by atoms with Gasteiger partial charge in [0.05, 0.1) is 11.8 Å². The van der Waals surface area contributed by atoms with Gasteiger partial charge in [0.1, 0.15) is 6.04 Å². The van der Waals surface area contributed by atoms with Gasteiger partial charge in [0.2, 0.25) is 17.7 Å². The van der Waals surface area contributed by atoms with Crippen molar-refractivity contribution in [2.24, 2.45) is 17.8 Å². The van der Waals surface area contributed by atoms with Crippen LogP contribution in [0.25, 0.3) is 0 Å². The van der Waals surface area contributed by atoms with Crippen LogP contribution in [0.2, 0.25) is 0 Å². The Hall–Kier alpha value is -2.70. The van der Waals surface area contributed by atoms with Gasteiger partial charge in [-0.1, -0.05) is 26.0 Å². The summed E-state index contributed by atoms with van der Waals surface area (Å²) < 4.78 is 0. The summed E-state index contributed by atoms with van der Waals surface area (Å²) in [5, 5.41) is 0. The Kier molecular flexibility index (Phi) is 5.88. The molecular weight excluding hydrogens is 380 g/mol. The summed E-state index contributed by atoms with van der Waals surface area (Å²) in [7, 11) is 0. The number of pyridine rings is 1. The molecule has 3 aliphatic rings. The number of likely N-dealkylation sites (tertiary alicyclic amines) is 1. The minimum atomic E-state index is -0.692. The number of nitrogens with zero attached hydrogens (tertiary/aromatic N) is 4. The van der Waals surface area contributed by atoms with Crippen LogP contribution in [0, 0.1) is 17.8 Å². The van der Waals surface area contributed by atoms with Crippen LogP contribution in [0.5, 0.6) is 0 Å². The molecule has 3 unspecified atom stereocenters. The van der Waals surface area contributed by atoms with E-state index in [4.69, 9.17) is 0 Å². The largest absolute Gasteiger partial charge is 0.368 e. The Bertz CT molecular complexity index is 804. The molecule has 4 rings (SSSR count). The SMILES string of the molecule is CC(C)CC(C(=O)N1CCN(c2ccncc2)CC1)N1C(=O)C2CC=CCC2C1=O. The molecule has 7 heteroatoms. The zero-order valence-electron chi connectivity index (χ0n) is 17.7. The third-order valence-electron chi connectivity index (χ3n) is 6.45. The molecule has 0 spiro atoms. The van der Waals surface area contributed by atoms with Crippen molar-refractivity contribution in [2.75, 3.05) is 31.1 Å². The first-order valence-corrected chi connectivity index (χ1v) is 10.9. The highest BCUT2D eigenvalue weighted by Crippen LogP contribution is 2.37. The quantitative estimate of drug-likeness (QED) is 0.549. The Labute approximate surface area is 177 Å². The second-order valence-electron chi connectivity index (χ2n) is 8.87. The second kappa shape index (κ2) is 8.58. The van der Waals surface area contributed by atoms with Crippen molar-refractivity contribution in [1.29, 1.82) is 0 Å². The molecule has 0 N–H and O–H groups in total. The maximum Gasteiger partial charge on any atom is 0.246 e. The first kappa shape index (κ1) is 20.6. The molecule has 1 aliphatic carbocycles. The molecule has 0 aromatic carbocycles. The lowest BCUT2D eigenvalue weighted by atomic mass is 9.85. The highest BCUT2D eigenvalue weighted by Gasteiger charge is 2.51. The fourth-order valence-corrected chi connectivity index (χ4v) is 4.85. The Morgan fingerprint density at radius 1 is 1.00 bits per heavy atom. The number of amides is 3. The summed E-state index contributed by atoms with van der Waals surface area (Å²) in [5.74, 6) is -0.806. The number of hydrogen-bond donors (Lipinski definition) is 0. The molecular formula is C23H30N4O3. The summed E-state index contributed by atoms with van der Waals surface area (Å²) in [6, 6.07) is 3.25. The number of fused-ring (bicyclic) bond motifs is 1. The van der Waals surface area contributed by atoms with E-state index < -0.39 is 6.04 Å². The van der Waals surface area contributed by atoms with Gasteiger partial charge in [0.25, 0.3) is 0 Å². The lowest BCUT2D eigenvalue weighted by Crippen LogP contribution is -2.56.